The van der Waals surface area contributed by atoms with E-state index in [4.69, 9.17) is 23.7 Å². The van der Waals surface area contributed by atoms with Gasteiger partial charge in [-0.15, -0.1) is 0 Å². The maximum absolute atomic E-state index is 14.0. The van der Waals surface area contributed by atoms with Crippen LogP contribution in [0.2, 0.25) is 0 Å². The van der Waals surface area contributed by atoms with Crippen LogP contribution in [0.1, 0.15) is 83.1 Å². The van der Waals surface area contributed by atoms with Gasteiger partial charge in [0.05, 0.1) is 21.7 Å². The van der Waals surface area contributed by atoms with Crippen LogP contribution in [-0.4, -0.2) is 64.9 Å². The molecule has 1 saturated heterocycles. The topological polar surface area (TPSA) is 137 Å². The Bertz CT molecular complexity index is 1140. The number of carbonyl (C=O) groups is 4. The molecule has 1 heterocycles. The fraction of sp³-hybridized carbons (Fsp3) is 0.688. The summed E-state index contributed by atoms with van der Waals surface area (Å²) < 4.78 is 43.7. The van der Waals surface area contributed by atoms with Crippen molar-refractivity contribution >= 4 is 35.1 Å². The lowest BCUT2D eigenvalue weighted by atomic mass is 9.93. The molecule has 10 nitrogen and oxygen atoms in total. The van der Waals surface area contributed by atoms with Gasteiger partial charge in [-0.05, 0) is 95.2 Å². The van der Waals surface area contributed by atoms with Crippen LogP contribution in [0.25, 0.3) is 0 Å². The first-order valence-corrected chi connectivity index (χ1v) is 15.6. The lowest BCUT2D eigenvalue weighted by molar-refractivity contribution is -0.247. The van der Waals surface area contributed by atoms with E-state index in [0.717, 1.165) is 0 Å². The van der Waals surface area contributed by atoms with Crippen LogP contribution in [-0.2, 0) is 54.0 Å². The highest BCUT2D eigenvalue weighted by Gasteiger charge is 2.58. The maximum atomic E-state index is 14.0. The molecule has 0 radical (unpaired) electrons. The van der Waals surface area contributed by atoms with Crippen LogP contribution < -0.4 is 0 Å². The molecule has 0 bridgehead atoms. The fourth-order valence-corrected chi connectivity index (χ4v) is 4.94. The number of hydrogen-bond acceptors (Lipinski definition) is 10. The number of esters is 4. The minimum absolute atomic E-state index is 0.362. The van der Waals surface area contributed by atoms with Gasteiger partial charge in [0.15, 0.2) is 17.1 Å². The molecule has 6 atom stereocenters. The first-order valence-electron chi connectivity index (χ1n) is 14.4. The Morgan fingerprint density at radius 1 is 0.651 bits per heavy atom. The average Bonchev–Trinajstić information content (AvgIpc) is 2.87. The monoisotopic (exact) mass is 624 g/mol. The van der Waals surface area contributed by atoms with Gasteiger partial charge in [-0.2, -0.15) is 0 Å². The van der Waals surface area contributed by atoms with Gasteiger partial charge in [0.25, 0.3) is 5.44 Å². The van der Waals surface area contributed by atoms with Crippen molar-refractivity contribution in [2.24, 2.45) is 21.7 Å². The third-order valence-corrected chi connectivity index (χ3v) is 7.87. The van der Waals surface area contributed by atoms with Crippen molar-refractivity contribution in [3.63, 3.8) is 0 Å². The van der Waals surface area contributed by atoms with Crippen molar-refractivity contribution < 1.29 is 47.4 Å². The standard InChI is InChI=1S/C32H48O10S/c1-29(2,3)25(33)38-18-20-21(40-26(34)30(4,5)6)22(41-27(35)31(7,8)9)23(42-28(36)32(10,11)12)24(39-20)43(37)19-16-14-13-15-17-19/h13-17,20-24H,18H2,1-12H3/t20-,21+,22+,23-,24+,43?/m1/s1. The van der Waals surface area contributed by atoms with Crippen LogP contribution >= 0.6 is 0 Å². The number of rotatable bonds is 7. The van der Waals surface area contributed by atoms with Crippen LogP contribution in [0.15, 0.2) is 35.2 Å². The summed E-state index contributed by atoms with van der Waals surface area (Å²) in [5, 5.41) is 0. The SMILES string of the molecule is CC(C)(C)C(=O)OC[C@H]1O[C@@H]([S+]([O-])c2ccccc2)[C@H](OC(=O)C(C)(C)C)[C@@H](OC(=O)C(C)(C)C)[C@H]1OC(=O)C(C)(C)C. The second-order valence-corrected chi connectivity index (χ2v) is 16.4. The van der Waals surface area contributed by atoms with E-state index in [1.165, 1.54) is 0 Å². The second-order valence-electron chi connectivity index (χ2n) is 14.9. The van der Waals surface area contributed by atoms with Crippen LogP contribution in [0.3, 0.4) is 0 Å². The summed E-state index contributed by atoms with van der Waals surface area (Å²) >= 11 is -1.97. The number of benzene rings is 1. The van der Waals surface area contributed by atoms with Crippen molar-refractivity contribution in [3.05, 3.63) is 30.3 Å². The van der Waals surface area contributed by atoms with Gasteiger partial charge in [0.2, 0.25) is 6.10 Å². The van der Waals surface area contributed by atoms with Crippen LogP contribution in [0.5, 0.6) is 0 Å². The summed E-state index contributed by atoms with van der Waals surface area (Å²) in [6.07, 6.45) is -5.51. The van der Waals surface area contributed by atoms with Gasteiger partial charge in [-0.25, -0.2) is 0 Å². The molecule has 0 amide bonds. The Hall–Kier alpha value is -2.63. The van der Waals surface area contributed by atoms with Crippen LogP contribution in [0.4, 0.5) is 0 Å². The van der Waals surface area contributed by atoms with Crippen molar-refractivity contribution in [2.75, 3.05) is 6.61 Å². The Morgan fingerprint density at radius 2 is 1.05 bits per heavy atom. The molecule has 0 aliphatic carbocycles. The zero-order valence-electron chi connectivity index (χ0n) is 27.5. The smallest absolute Gasteiger partial charge is 0.311 e. The minimum atomic E-state index is -1.97. The summed E-state index contributed by atoms with van der Waals surface area (Å²) in [6, 6.07) is 8.39. The van der Waals surface area contributed by atoms with Crippen molar-refractivity contribution in [3.8, 4) is 0 Å². The predicted octanol–water partition coefficient (Wildman–Crippen LogP) is 4.98. The quantitative estimate of drug-likeness (QED) is 0.232. The van der Waals surface area contributed by atoms with Gasteiger partial charge >= 0.3 is 23.9 Å². The normalized spacial score (nSPS) is 24.0. The van der Waals surface area contributed by atoms with E-state index >= 15 is 0 Å². The summed E-state index contributed by atoms with van der Waals surface area (Å²) in [7, 11) is 0. The van der Waals surface area contributed by atoms with Crippen LogP contribution in [0, 0.1) is 21.7 Å². The van der Waals surface area contributed by atoms with Gasteiger partial charge in [0.1, 0.15) is 12.7 Å². The van der Waals surface area contributed by atoms with E-state index in [2.05, 4.69) is 0 Å². The van der Waals surface area contributed by atoms with E-state index in [1.54, 1.807) is 113 Å². The van der Waals surface area contributed by atoms with Crippen molar-refractivity contribution in [2.45, 2.75) is 118 Å². The second kappa shape index (κ2) is 13.6. The largest absolute Gasteiger partial charge is 0.609 e. The van der Waals surface area contributed by atoms with Crippen molar-refractivity contribution in [1.82, 2.24) is 0 Å². The lowest BCUT2D eigenvalue weighted by Crippen LogP contribution is -2.65. The molecule has 2 rings (SSSR count). The summed E-state index contributed by atoms with van der Waals surface area (Å²) in [5.74, 6) is -2.56. The molecule has 242 valence electrons. The average molecular weight is 625 g/mol. The van der Waals surface area contributed by atoms with Crippen molar-refractivity contribution in [1.29, 1.82) is 0 Å². The molecular formula is C32H48O10S. The summed E-state index contributed by atoms with van der Waals surface area (Å²) in [6.45, 7) is 19.4. The lowest BCUT2D eigenvalue weighted by Gasteiger charge is -2.45. The highest BCUT2D eigenvalue weighted by molar-refractivity contribution is 7.92. The van der Waals surface area contributed by atoms with Gasteiger partial charge in [-0.1, -0.05) is 18.2 Å². The highest BCUT2D eigenvalue weighted by atomic mass is 32.2. The molecule has 0 aromatic heterocycles. The van der Waals surface area contributed by atoms with E-state index in [-0.39, 0.29) is 0 Å². The molecule has 0 saturated carbocycles. The number of ether oxygens (including phenoxy) is 5. The van der Waals surface area contributed by atoms with Gasteiger partial charge in [-0.3, -0.25) is 19.2 Å². The molecule has 1 aromatic carbocycles. The molecule has 0 spiro atoms. The van der Waals surface area contributed by atoms with E-state index in [1.807, 2.05) is 0 Å². The van der Waals surface area contributed by atoms with Gasteiger partial charge < -0.3 is 28.2 Å². The van der Waals surface area contributed by atoms with E-state index in [9.17, 15) is 23.7 Å². The number of carbonyl (C=O) groups excluding carboxylic acids is 4. The Morgan fingerprint density at radius 3 is 1.47 bits per heavy atom. The molecular weight excluding hydrogens is 576 g/mol. The zero-order chi connectivity index (χ0) is 33.1. The minimum Gasteiger partial charge on any atom is -0.609 e. The molecule has 1 fully saturated rings. The first-order chi connectivity index (χ1) is 19.4. The zero-order valence-corrected chi connectivity index (χ0v) is 28.3. The summed E-state index contributed by atoms with van der Waals surface area (Å²) in [5.41, 5.74) is -5.21. The Balaban J connectivity index is 2.75. The van der Waals surface area contributed by atoms with Gasteiger partial charge in [0, 0.05) is 11.2 Å². The third-order valence-electron chi connectivity index (χ3n) is 6.34. The fourth-order valence-electron chi connectivity index (χ4n) is 3.55. The molecule has 0 N–H and O–H groups in total. The van der Waals surface area contributed by atoms with E-state index < -0.39 is 93.2 Å². The highest BCUT2D eigenvalue weighted by Crippen LogP contribution is 2.37. The molecule has 1 unspecified atom stereocenters. The third kappa shape index (κ3) is 9.94. The molecule has 11 heteroatoms. The first kappa shape index (κ1) is 36.6. The molecule has 1 aliphatic rings. The maximum Gasteiger partial charge on any atom is 0.311 e. The Labute approximate surface area is 258 Å². The number of hydrogen-bond donors (Lipinski definition) is 0. The van der Waals surface area contributed by atoms with E-state index in [0.29, 0.717) is 4.90 Å². The Kier molecular flexibility index (Phi) is 11.5. The molecule has 43 heavy (non-hydrogen) atoms. The predicted molar refractivity (Wildman–Crippen MR) is 160 cm³/mol. The molecule has 1 aliphatic heterocycles. The molecule has 1 aromatic rings. The summed E-state index contributed by atoms with van der Waals surface area (Å²) in [4.78, 5) is 52.9.